The Morgan fingerprint density at radius 2 is 2.17 bits per heavy atom. The van der Waals surface area contributed by atoms with Crippen LogP contribution in [0.3, 0.4) is 0 Å². The topological polar surface area (TPSA) is 38.3 Å². The van der Waals surface area contributed by atoms with Crippen LogP contribution in [0, 0.1) is 0 Å². The second-order valence-corrected chi connectivity index (χ2v) is 4.56. The van der Waals surface area contributed by atoms with Gasteiger partial charge in [0.15, 0.2) is 0 Å². The van der Waals surface area contributed by atoms with Gasteiger partial charge in [0.25, 0.3) is 0 Å². The van der Waals surface area contributed by atoms with E-state index in [1.54, 1.807) is 6.92 Å². The molecule has 3 nitrogen and oxygen atoms in total. The SMILES string of the molecule is CCOc1ccc(CCNCCC(C)=O)cc1Cl. The summed E-state index contributed by atoms with van der Waals surface area (Å²) in [5.41, 5.74) is 1.17. The van der Waals surface area contributed by atoms with Crippen molar-refractivity contribution in [2.45, 2.75) is 26.7 Å². The number of ketones is 1. The quantitative estimate of drug-likeness (QED) is 0.738. The van der Waals surface area contributed by atoms with Crippen LogP contribution < -0.4 is 10.1 Å². The highest BCUT2D eigenvalue weighted by molar-refractivity contribution is 6.32. The summed E-state index contributed by atoms with van der Waals surface area (Å²) in [6, 6.07) is 5.85. The molecule has 0 aliphatic rings. The van der Waals surface area contributed by atoms with E-state index in [2.05, 4.69) is 5.32 Å². The monoisotopic (exact) mass is 269 g/mol. The molecule has 4 heteroatoms. The molecule has 1 aromatic rings. The van der Waals surface area contributed by atoms with Crippen LogP contribution >= 0.6 is 11.6 Å². The van der Waals surface area contributed by atoms with E-state index in [4.69, 9.17) is 16.3 Å². The van der Waals surface area contributed by atoms with E-state index in [9.17, 15) is 4.79 Å². The summed E-state index contributed by atoms with van der Waals surface area (Å²) in [4.78, 5) is 10.7. The number of ether oxygens (including phenoxy) is 1. The summed E-state index contributed by atoms with van der Waals surface area (Å²) in [5, 5.41) is 3.88. The van der Waals surface area contributed by atoms with Crippen molar-refractivity contribution >= 4 is 17.4 Å². The van der Waals surface area contributed by atoms with Gasteiger partial charge in [0, 0.05) is 13.0 Å². The predicted octanol–water partition coefficient (Wildman–Crippen LogP) is 2.85. The minimum absolute atomic E-state index is 0.214. The average molecular weight is 270 g/mol. The fraction of sp³-hybridized carbons (Fsp3) is 0.500. The number of benzene rings is 1. The summed E-state index contributed by atoms with van der Waals surface area (Å²) >= 11 is 6.10. The molecule has 0 amide bonds. The molecule has 0 spiro atoms. The number of hydrogen-bond acceptors (Lipinski definition) is 3. The summed E-state index contributed by atoms with van der Waals surface area (Å²) in [5.74, 6) is 0.944. The van der Waals surface area contributed by atoms with E-state index < -0.39 is 0 Å². The first-order valence-electron chi connectivity index (χ1n) is 6.25. The number of hydrogen-bond donors (Lipinski definition) is 1. The number of nitrogens with one attached hydrogen (secondary N) is 1. The zero-order valence-electron chi connectivity index (χ0n) is 11.0. The Kier molecular flexibility index (Phi) is 6.76. The molecule has 1 N–H and O–H groups in total. The molecule has 0 heterocycles. The highest BCUT2D eigenvalue weighted by Gasteiger charge is 2.02. The fourth-order valence-corrected chi connectivity index (χ4v) is 1.85. The largest absolute Gasteiger partial charge is 0.492 e. The Labute approximate surface area is 113 Å². The van der Waals surface area contributed by atoms with E-state index in [-0.39, 0.29) is 5.78 Å². The average Bonchev–Trinajstić information content (AvgIpc) is 2.32. The van der Waals surface area contributed by atoms with Crippen LogP contribution in [0.25, 0.3) is 0 Å². The van der Waals surface area contributed by atoms with Gasteiger partial charge in [-0.25, -0.2) is 0 Å². The lowest BCUT2D eigenvalue weighted by molar-refractivity contribution is -0.116. The van der Waals surface area contributed by atoms with E-state index >= 15 is 0 Å². The lowest BCUT2D eigenvalue weighted by Crippen LogP contribution is -2.20. The minimum Gasteiger partial charge on any atom is -0.492 e. The zero-order valence-corrected chi connectivity index (χ0v) is 11.7. The van der Waals surface area contributed by atoms with Crippen molar-refractivity contribution in [1.29, 1.82) is 0 Å². The summed E-state index contributed by atoms with van der Waals surface area (Å²) in [7, 11) is 0. The summed E-state index contributed by atoms with van der Waals surface area (Å²) in [6.45, 7) is 5.74. The second kappa shape index (κ2) is 8.11. The van der Waals surface area contributed by atoms with Crippen molar-refractivity contribution in [2.75, 3.05) is 19.7 Å². The lowest BCUT2D eigenvalue weighted by atomic mass is 10.1. The van der Waals surface area contributed by atoms with Crippen molar-refractivity contribution in [3.63, 3.8) is 0 Å². The van der Waals surface area contributed by atoms with Crippen LogP contribution in [-0.4, -0.2) is 25.5 Å². The molecular weight excluding hydrogens is 250 g/mol. The molecular formula is C14H20ClNO2. The van der Waals surface area contributed by atoms with Crippen molar-refractivity contribution in [2.24, 2.45) is 0 Å². The molecule has 0 atom stereocenters. The molecule has 0 saturated heterocycles. The van der Waals surface area contributed by atoms with Gasteiger partial charge in [0.05, 0.1) is 11.6 Å². The Morgan fingerprint density at radius 1 is 1.39 bits per heavy atom. The van der Waals surface area contributed by atoms with Gasteiger partial charge in [-0.15, -0.1) is 0 Å². The maximum Gasteiger partial charge on any atom is 0.137 e. The molecule has 100 valence electrons. The molecule has 18 heavy (non-hydrogen) atoms. The van der Waals surface area contributed by atoms with Gasteiger partial charge in [0.2, 0.25) is 0 Å². The smallest absolute Gasteiger partial charge is 0.137 e. The maximum absolute atomic E-state index is 10.7. The molecule has 0 aromatic heterocycles. The van der Waals surface area contributed by atoms with Crippen LogP contribution in [0.1, 0.15) is 25.8 Å². The Bertz CT molecular complexity index is 393. The first-order chi connectivity index (χ1) is 8.63. The van der Waals surface area contributed by atoms with Crippen LogP contribution in [-0.2, 0) is 11.2 Å². The van der Waals surface area contributed by atoms with Crippen molar-refractivity contribution in [3.8, 4) is 5.75 Å². The molecule has 0 unspecified atom stereocenters. The molecule has 0 saturated carbocycles. The van der Waals surface area contributed by atoms with Gasteiger partial charge in [0.1, 0.15) is 11.5 Å². The predicted molar refractivity (Wildman–Crippen MR) is 74.5 cm³/mol. The number of halogens is 1. The number of carbonyl (C=O) groups excluding carboxylic acids is 1. The first kappa shape index (κ1) is 15.0. The first-order valence-corrected chi connectivity index (χ1v) is 6.62. The molecule has 1 aromatic carbocycles. The van der Waals surface area contributed by atoms with Gasteiger partial charge in [-0.2, -0.15) is 0 Å². The maximum atomic E-state index is 10.7. The van der Waals surface area contributed by atoms with Crippen molar-refractivity contribution < 1.29 is 9.53 Å². The Balaban J connectivity index is 2.34. The van der Waals surface area contributed by atoms with Gasteiger partial charge < -0.3 is 10.1 Å². The van der Waals surface area contributed by atoms with E-state index in [1.807, 2.05) is 25.1 Å². The highest BCUT2D eigenvalue weighted by atomic mass is 35.5. The third-order valence-electron chi connectivity index (χ3n) is 2.54. The molecule has 0 fully saturated rings. The second-order valence-electron chi connectivity index (χ2n) is 4.15. The van der Waals surface area contributed by atoms with Gasteiger partial charge >= 0.3 is 0 Å². The van der Waals surface area contributed by atoms with E-state index in [0.29, 0.717) is 18.1 Å². The molecule has 0 aliphatic heterocycles. The summed E-state index contributed by atoms with van der Waals surface area (Å²) in [6.07, 6.45) is 1.48. The molecule has 0 radical (unpaired) electrons. The third-order valence-corrected chi connectivity index (χ3v) is 2.84. The third kappa shape index (κ3) is 5.52. The molecule has 0 aliphatic carbocycles. The number of carbonyl (C=O) groups is 1. The molecule has 1 rings (SSSR count). The lowest BCUT2D eigenvalue weighted by Gasteiger charge is -2.08. The van der Waals surface area contributed by atoms with Gasteiger partial charge in [-0.05, 0) is 44.5 Å². The summed E-state index contributed by atoms with van der Waals surface area (Å²) < 4.78 is 5.38. The number of Topliss-reactive ketones (excluding diaryl/α,β-unsaturated/α-hetero) is 1. The standard InChI is InChI=1S/C14H20ClNO2/c1-3-18-14-5-4-12(10-13(14)15)7-9-16-8-6-11(2)17/h4-5,10,16H,3,6-9H2,1-2H3. The van der Waals surface area contributed by atoms with Gasteiger partial charge in [-0.3, -0.25) is 4.79 Å². The van der Waals surface area contributed by atoms with Crippen molar-refractivity contribution in [3.05, 3.63) is 28.8 Å². The van der Waals surface area contributed by atoms with E-state index in [1.165, 1.54) is 5.56 Å². The normalized spacial score (nSPS) is 10.4. The fourth-order valence-electron chi connectivity index (χ4n) is 1.59. The van der Waals surface area contributed by atoms with Crippen LogP contribution in [0.4, 0.5) is 0 Å². The van der Waals surface area contributed by atoms with Gasteiger partial charge in [-0.1, -0.05) is 17.7 Å². The van der Waals surface area contributed by atoms with Crippen LogP contribution in [0.5, 0.6) is 5.75 Å². The van der Waals surface area contributed by atoms with Crippen LogP contribution in [0.15, 0.2) is 18.2 Å². The highest BCUT2D eigenvalue weighted by Crippen LogP contribution is 2.25. The Hall–Kier alpha value is -1.06. The van der Waals surface area contributed by atoms with Crippen molar-refractivity contribution in [1.82, 2.24) is 5.32 Å². The zero-order chi connectivity index (χ0) is 13.4. The molecule has 0 bridgehead atoms. The number of rotatable bonds is 8. The van der Waals surface area contributed by atoms with E-state index in [0.717, 1.165) is 25.3 Å². The Morgan fingerprint density at radius 3 is 2.78 bits per heavy atom. The minimum atomic E-state index is 0.214. The van der Waals surface area contributed by atoms with Crippen LogP contribution in [0.2, 0.25) is 5.02 Å².